The van der Waals surface area contributed by atoms with Crippen LogP contribution in [-0.2, 0) is 14.6 Å². The molecular formula is C11H15NO4S. The number of benzene rings is 1. The van der Waals surface area contributed by atoms with Crippen LogP contribution >= 0.6 is 0 Å². The molecule has 6 heteroatoms. The van der Waals surface area contributed by atoms with Gasteiger partial charge in [0.05, 0.1) is 10.6 Å². The molecule has 1 aromatic rings. The van der Waals surface area contributed by atoms with Crippen molar-refractivity contribution in [3.05, 3.63) is 24.3 Å². The van der Waals surface area contributed by atoms with Gasteiger partial charge in [-0.3, -0.25) is 4.79 Å². The summed E-state index contributed by atoms with van der Waals surface area (Å²) in [5.74, 6) is -0.409. The second-order valence-corrected chi connectivity index (χ2v) is 5.79. The van der Waals surface area contributed by atoms with Gasteiger partial charge < -0.3 is 10.0 Å². The topological polar surface area (TPSA) is 74.7 Å². The van der Waals surface area contributed by atoms with Crippen molar-refractivity contribution in [3.8, 4) is 0 Å². The number of carbonyl (C=O) groups excluding carboxylic acids is 1. The molecule has 0 heterocycles. The Morgan fingerprint density at radius 1 is 1.29 bits per heavy atom. The minimum Gasteiger partial charge on any atom is -0.387 e. The van der Waals surface area contributed by atoms with Crippen LogP contribution in [0.1, 0.15) is 6.92 Å². The van der Waals surface area contributed by atoms with Crippen LogP contribution in [-0.4, -0.2) is 38.8 Å². The predicted molar refractivity (Wildman–Crippen MR) is 64.7 cm³/mol. The molecule has 0 atom stereocenters. The van der Waals surface area contributed by atoms with E-state index in [4.69, 9.17) is 5.11 Å². The number of hydrogen-bond acceptors (Lipinski definition) is 4. The minimum absolute atomic E-state index is 0.0394. The molecule has 0 saturated carbocycles. The van der Waals surface area contributed by atoms with Crippen molar-refractivity contribution in [2.75, 3.05) is 24.3 Å². The van der Waals surface area contributed by atoms with Gasteiger partial charge in [-0.25, -0.2) is 8.42 Å². The first-order chi connectivity index (χ1) is 7.92. The van der Waals surface area contributed by atoms with E-state index in [1.807, 2.05) is 0 Å². The van der Waals surface area contributed by atoms with Gasteiger partial charge in [0.25, 0.3) is 5.91 Å². The van der Waals surface area contributed by atoms with Gasteiger partial charge in [0.2, 0.25) is 0 Å². The van der Waals surface area contributed by atoms with Crippen molar-refractivity contribution in [1.29, 1.82) is 0 Å². The fourth-order valence-corrected chi connectivity index (χ4v) is 2.18. The standard InChI is InChI=1S/C11H15NO4S/c1-3-17(15,16)10-6-4-9(5-7-10)12(2)11(14)8-13/h4-7,13H,3,8H2,1-2H3. The highest BCUT2D eigenvalue weighted by Crippen LogP contribution is 2.17. The molecule has 0 bridgehead atoms. The fraction of sp³-hybridized carbons (Fsp3) is 0.364. The number of aliphatic hydroxyl groups excluding tert-OH is 1. The molecule has 1 N–H and O–H groups in total. The number of aliphatic hydroxyl groups is 1. The first-order valence-corrected chi connectivity index (χ1v) is 6.78. The van der Waals surface area contributed by atoms with Gasteiger partial charge in [-0.05, 0) is 24.3 Å². The molecule has 0 aromatic heterocycles. The molecule has 0 aliphatic rings. The Hall–Kier alpha value is -1.40. The van der Waals surface area contributed by atoms with E-state index in [1.54, 1.807) is 6.92 Å². The second kappa shape index (κ2) is 5.29. The molecule has 0 saturated heterocycles. The molecule has 5 nitrogen and oxygen atoms in total. The van der Waals surface area contributed by atoms with Crippen molar-refractivity contribution in [2.45, 2.75) is 11.8 Å². The Morgan fingerprint density at radius 2 is 1.82 bits per heavy atom. The molecule has 0 aliphatic carbocycles. The summed E-state index contributed by atoms with van der Waals surface area (Å²) in [4.78, 5) is 12.7. The lowest BCUT2D eigenvalue weighted by Crippen LogP contribution is -2.28. The highest BCUT2D eigenvalue weighted by Gasteiger charge is 2.13. The lowest BCUT2D eigenvalue weighted by atomic mass is 10.3. The maximum atomic E-state index is 11.6. The summed E-state index contributed by atoms with van der Waals surface area (Å²) >= 11 is 0. The number of carbonyl (C=O) groups is 1. The molecular weight excluding hydrogens is 242 g/mol. The molecule has 17 heavy (non-hydrogen) atoms. The Balaban J connectivity index is 3.00. The number of hydrogen-bond donors (Lipinski definition) is 1. The van der Waals surface area contributed by atoms with Crippen LogP contribution in [0.2, 0.25) is 0 Å². The predicted octanol–water partition coefficient (Wildman–Crippen LogP) is 0.435. The van der Waals surface area contributed by atoms with Gasteiger partial charge in [0, 0.05) is 12.7 Å². The molecule has 0 fully saturated rings. The highest BCUT2D eigenvalue weighted by atomic mass is 32.2. The number of nitrogens with zero attached hydrogens (tertiary/aromatic N) is 1. The largest absolute Gasteiger partial charge is 0.387 e. The van der Waals surface area contributed by atoms with Crippen molar-refractivity contribution in [3.63, 3.8) is 0 Å². The minimum atomic E-state index is -3.22. The maximum absolute atomic E-state index is 11.6. The summed E-state index contributed by atoms with van der Waals surface area (Å²) in [6.07, 6.45) is 0. The quantitative estimate of drug-likeness (QED) is 0.849. The van der Waals surface area contributed by atoms with Gasteiger partial charge in [0.15, 0.2) is 9.84 Å². The summed E-state index contributed by atoms with van der Waals surface area (Å²) < 4.78 is 23.1. The lowest BCUT2D eigenvalue weighted by molar-refractivity contribution is -0.120. The van der Waals surface area contributed by atoms with Crippen molar-refractivity contribution in [1.82, 2.24) is 0 Å². The third kappa shape index (κ3) is 3.04. The number of likely N-dealkylation sites (N-methyl/N-ethyl adjacent to an activating group) is 1. The first kappa shape index (κ1) is 13.7. The zero-order chi connectivity index (χ0) is 13.1. The summed E-state index contributed by atoms with van der Waals surface area (Å²) in [7, 11) is -1.70. The van der Waals surface area contributed by atoms with Crippen LogP contribution in [0.25, 0.3) is 0 Å². The number of rotatable bonds is 4. The van der Waals surface area contributed by atoms with Crippen molar-refractivity contribution < 1.29 is 18.3 Å². The third-order valence-corrected chi connectivity index (χ3v) is 4.22. The van der Waals surface area contributed by atoms with Crippen molar-refractivity contribution in [2.24, 2.45) is 0 Å². The average Bonchev–Trinajstić information content (AvgIpc) is 2.37. The molecule has 0 spiro atoms. The molecule has 0 unspecified atom stereocenters. The normalized spacial score (nSPS) is 11.2. The van der Waals surface area contributed by atoms with E-state index in [9.17, 15) is 13.2 Å². The maximum Gasteiger partial charge on any atom is 0.252 e. The van der Waals surface area contributed by atoms with Crippen LogP contribution in [0.15, 0.2) is 29.2 Å². The summed E-state index contributed by atoms with van der Waals surface area (Å²) in [6.45, 7) is 0.996. The van der Waals surface area contributed by atoms with Gasteiger partial charge in [0.1, 0.15) is 6.61 Å². The molecule has 1 aromatic carbocycles. The van der Waals surface area contributed by atoms with E-state index in [-0.39, 0.29) is 10.6 Å². The zero-order valence-corrected chi connectivity index (χ0v) is 10.6. The van der Waals surface area contributed by atoms with E-state index < -0.39 is 22.4 Å². The smallest absolute Gasteiger partial charge is 0.252 e. The Kier molecular flexibility index (Phi) is 4.25. The van der Waals surface area contributed by atoms with Gasteiger partial charge in [-0.15, -0.1) is 0 Å². The van der Waals surface area contributed by atoms with E-state index in [0.29, 0.717) is 5.69 Å². The summed E-state index contributed by atoms with van der Waals surface area (Å²) in [5, 5.41) is 8.70. The highest BCUT2D eigenvalue weighted by molar-refractivity contribution is 7.91. The zero-order valence-electron chi connectivity index (χ0n) is 9.75. The molecule has 1 rings (SSSR count). The summed E-state index contributed by atoms with van der Waals surface area (Å²) in [6, 6.07) is 5.98. The summed E-state index contributed by atoms with van der Waals surface area (Å²) in [5.41, 5.74) is 0.541. The molecule has 0 radical (unpaired) electrons. The lowest BCUT2D eigenvalue weighted by Gasteiger charge is -2.16. The fourth-order valence-electron chi connectivity index (χ4n) is 1.29. The molecule has 0 aliphatic heterocycles. The van der Waals surface area contributed by atoms with Gasteiger partial charge in [-0.2, -0.15) is 0 Å². The Bertz CT molecular complexity index is 493. The van der Waals surface area contributed by atoms with Crippen LogP contribution < -0.4 is 4.90 Å². The number of anilines is 1. The van der Waals surface area contributed by atoms with E-state index in [0.717, 1.165) is 0 Å². The van der Waals surface area contributed by atoms with Gasteiger partial charge in [-0.1, -0.05) is 6.92 Å². The SMILES string of the molecule is CCS(=O)(=O)c1ccc(N(C)C(=O)CO)cc1. The van der Waals surface area contributed by atoms with Crippen molar-refractivity contribution >= 4 is 21.4 Å². The first-order valence-electron chi connectivity index (χ1n) is 5.12. The van der Waals surface area contributed by atoms with Crippen LogP contribution in [0.3, 0.4) is 0 Å². The van der Waals surface area contributed by atoms with Crippen LogP contribution in [0.5, 0.6) is 0 Å². The van der Waals surface area contributed by atoms with Crippen LogP contribution in [0, 0.1) is 0 Å². The van der Waals surface area contributed by atoms with E-state index >= 15 is 0 Å². The monoisotopic (exact) mass is 257 g/mol. The molecule has 94 valence electrons. The van der Waals surface area contributed by atoms with E-state index in [1.165, 1.54) is 36.2 Å². The number of sulfone groups is 1. The third-order valence-electron chi connectivity index (χ3n) is 2.47. The van der Waals surface area contributed by atoms with E-state index in [2.05, 4.69) is 0 Å². The van der Waals surface area contributed by atoms with Gasteiger partial charge >= 0.3 is 0 Å². The average molecular weight is 257 g/mol. The Morgan fingerprint density at radius 3 is 2.24 bits per heavy atom. The second-order valence-electron chi connectivity index (χ2n) is 3.51. The van der Waals surface area contributed by atoms with Crippen LogP contribution in [0.4, 0.5) is 5.69 Å². The number of amides is 1. The molecule has 1 amide bonds. The Labute approximate surface area is 101 Å².